The fraction of sp³-hybridized carbons (Fsp3) is 0.286. The van der Waals surface area contributed by atoms with Crippen LogP contribution in [0.25, 0.3) is 0 Å². The maximum Gasteiger partial charge on any atom is 0.434 e. The summed E-state index contributed by atoms with van der Waals surface area (Å²) in [5.41, 5.74) is -1.32. The number of halogens is 3. The Balaban J connectivity index is 3.26. The summed E-state index contributed by atoms with van der Waals surface area (Å²) in [6.45, 7) is 0. The first kappa shape index (κ1) is 10.2. The normalized spacial score (nSPS) is 10.8. The van der Waals surface area contributed by atoms with Gasteiger partial charge in [-0.05, 0) is 0 Å². The van der Waals surface area contributed by atoms with E-state index in [1.807, 2.05) is 0 Å². The molecule has 0 amide bonds. The van der Waals surface area contributed by atoms with Crippen LogP contribution in [0.1, 0.15) is 11.5 Å². The third-order valence-electron chi connectivity index (χ3n) is 1.21. The predicted octanol–water partition coefficient (Wildman–Crippen LogP) is 1.18. The van der Waals surface area contributed by atoms with Crippen LogP contribution in [0.4, 0.5) is 13.2 Å². The molecular weight excluding hydrogens is 199 g/mol. The van der Waals surface area contributed by atoms with Crippen molar-refractivity contribution in [2.45, 2.75) is 6.18 Å². The minimum atomic E-state index is -4.66. The van der Waals surface area contributed by atoms with E-state index in [1.54, 1.807) is 6.07 Å². The predicted molar refractivity (Wildman–Crippen MR) is 37.1 cm³/mol. The van der Waals surface area contributed by atoms with Crippen LogP contribution < -0.4 is 4.74 Å². The number of hydrogen-bond acceptors (Lipinski definition) is 4. The summed E-state index contributed by atoms with van der Waals surface area (Å²) in [4.78, 5) is 6.27. The number of aromatic nitrogens is 2. The molecule has 0 fully saturated rings. The highest BCUT2D eigenvalue weighted by Crippen LogP contribution is 2.28. The van der Waals surface area contributed by atoms with E-state index in [2.05, 4.69) is 14.7 Å². The lowest BCUT2D eigenvalue weighted by Gasteiger charge is -2.05. The van der Waals surface area contributed by atoms with E-state index in [0.29, 0.717) is 0 Å². The summed E-state index contributed by atoms with van der Waals surface area (Å²) in [5, 5.41) is 8.34. The summed E-state index contributed by atoms with van der Waals surface area (Å²) < 4.78 is 40.8. The van der Waals surface area contributed by atoms with Crippen molar-refractivity contribution in [2.75, 3.05) is 7.11 Å². The minimum absolute atomic E-state index is 0.413. The zero-order valence-corrected chi connectivity index (χ0v) is 6.88. The SMILES string of the molecule is COc1[c]c(C(F)(F)F)nc(C#N)n1. The summed E-state index contributed by atoms with van der Waals surface area (Å²) in [6, 6.07) is 3.18. The molecule has 14 heavy (non-hydrogen) atoms. The van der Waals surface area contributed by atoms with Gasteiger partial charge < -0.3 is 4.74 Å². The Morgan fingerprint density at radius 2 is 2.07 bits per heavy atom. The highest BCUT2D eigenvalue weighted by molar-refractivity contribution is 5.21. The molecule has 0 spiro atoms. The number of nitrogens with zero attached hydrogens (tertiary/aromatic N) is 3. The van der Waals surface area contributed by atoms with Gasteiger partial charge in [0.15, 0.2) is 5.69 Å². The third-order valence-corrected chi connectivity index (χ3v) is 1.21. The van der Waals surface area contributed by atoms with Crippen molar-refractivity contribution in [1.29, 1.82) is 5.26 Å². The molecule has 0 aliphatic carbocycles. The van der Waals surface area contributed by atoms with Gasteiger partial charge in [-0.1, -0.05) is 0 Å². The van der Waals surface area contributed by atoms with Gasteiger partial charge in [-0.15, -0.1) is 0 Å². The van der Waals surface area contributed by atoms with Gasteiger partial charge in [-0.25, -0.2) is 4.98 Å². The van der Waals surface area contributed by atoms with Crippen LogP contribution in [0.3, 0.4) is 0 Å². The van der Waals surface area contributed by atoms with Gasteiger partial charge in [0.25, 0.3) is 0 Å². The summed E-state index contributed by atoms with van der Waals surface area (Å²) in [7, 11) is 1.13. The minimum Gasteiger partial charge on any atom is -0.480 e. The van der Waals surface area contributed by atoms with Gasteiger partial charge in [0.2, 0.25) is 11.7 Å². The Morgan fingerprint density at radius 1 is 1.43 bits per heavy atom. The van der Waals surface area contributed by atoms with Gasteiger partial charge in [0.05, 0.1) is 13.2 Å². The molecule has 0 bridgehead atoms. The largest absolute Gasteiger partial charge is 0.480 e. The van der Waals surface area contributed by atoms with E-state index < -0.39 is 23.6 Å². The molecule has 7 heteroatoms. The maximum atomic E-state index is 12.1. The van der Waals surface area contributed by atoms with Crippen LogP contribution in [0.5, 0.6) is 5.88 Å². The molecule has 0 saturated carbocycles. The second-order valence-corrected chi connectivity index (χ2v) is 2.14. The Bertz CT molecular complexity index is 383. The van der Waals surface area contributed by atoms with Gasteiger partial charge >= 0.3 is 6.18 Å². The molecule has 1 aromatic rings. The molecule has 1 heterocycles. The van der Waals surface area contributed by atoms with Crippen LogP contribution in [0.2, 0.25) is 0 Å². The standard InChI is InChI=1S/C7H3F3N3O/c1-14-6-2-4(7(8,9)10)12-5(3-11)13-6/h1H3. The van der Waals surface area contributed by atoms with E-state index in [4.69, 9.17) is 5.26 Å². The van der Waals surface area contributed by atoms with E-state index in [0.717, 1.165) is 7.11 Å². The van der Waals surface area contributed by atoms with Crippen molar-refractivity contribution in [2.24, 2.45) is 0 Å². The number of hydrogen-bond donors (Lipinski definition) is 0. The van der Waals surface area contributed by atoms with E-state index >= 15 is 0 Å². The van der Waals surface area contributed by atoms with Crippen molar-refractivity contribution >= 4 is 0 Å². The molecule has 73 valence electrons. The molecule has 0 N–H and O–H groups in total. The maximum absolute atomic E-state index is 12.1. The molecule has 0 aliphatic heterocycles. The molecule has 0 aromatic carbocycles. The molecule has 0 unspecified atom stereocenters. The monoisotopic (exact) mass is 202 g/mol. The van der Waals surface area contributed by atoms with E-state index in [-0.39, 0.29) is 0 Å². The number of rotatable bonds is 1. The fourth-order valence-electron chi connectivity index (χ4n) is 0.665. The van der Waals surface area contributed by atoms with Crippen LogP contribution in [0.15, 0.2) is 0 Å². The lowest BCUT2D eigenvalue weighted by molar-refractivity contribution is -0.141. The number of nitriles is 1. The Morgan fingerprint density at radius 3 is 2.50 bits per heavy atom. The Labute approximate surface area is 77.0 Å². The van der Waals surface area contributed by atoms with E-state index in [1.165, 1.54) is 6.07 Å². The number of alkyl halides is 3. The van der Waals surface area contributed by atoms with Crippen molar-refractivity contribution in [3.8, 4) is 11.9 Å². The molecular formula is C7H3F3N3O. The lowest BCUT2D eigenvalue weighted by atomic mass is 10.4. The smallest absolute Gasteiger partial charge is 0.434 e. The number of methoxy groups -OCH3 is 1. The van der Waals surface area contributed by atoms with Crippen molar-refractivity contribution in [3.05, 3.63) is 17.6 Å². The van der Waals surface area contributed by atoms with Crippen LogP contribution >= 0.6 is 0 Å². The van der Waals surface area contributed by atoms with E-state index in [9.17, 15) is 13.2 Å². The van der Waals surface area contributed by atoms with Crippen molar-refractivity contribution in [3.63, 3.8) is 0 Å². The third kappa shape index (κ3) is 2.10. The topological polar surface area (TPSA) is 58.8 Å². The quantitative estimate of drug-likeness (QED) is 0.685. The lowest BCUT2D eigenvalue weighted by Crippen LogP contribution is -2.11. The average Bonchev–Trinajstić information content (AvgIpc) is 2.15. The van der Waals surface area contributed by atoms with Crippen LogP contribution in [-0.2, 0) is 6.18 Å². The molecule has 0 aliphatic rings. The first-order valence-corrected chi connectivity index (χ1v) is 3.30. The summed E-state index contributed by atoms with van der Waals surface area (Å²) >= 11 is 0. The molecule has 1 radical (unpaired) electrons. The van der Waals surface area contributed by atoms with Gasteiger partial charge in [0, 0.05) is 0 Å². The van der Waals surface area contributed by atoms with Gasteiger partial charge in [0.1, 0.15) is 6.07 Å². The second kappa shape index (κ2) is 3.49. The zero-order valence-electron chi connectivity index (χ0n) is 6.88. The van der Waals surface area contributed by atoms with Crippen LogP contribution in [0, 0.1) is 17.4 Å². The van der Waals surface area contributed by atoms with Crippen LogP contribution in [-0.4, -0.2) is 17.1 Å². The Hall–Kier alpha value is -1.84. The molecule has 0 saturated heterocycles. The Kier molecular flexibility index (Phi) is 2.56. The highest BCUT2D eigenvalue weighted by atomic mass is 19.4. The first-order valence-electron chi connectivity index (χ1n) is 3.30. The second-order valence-electron chi connectivity index (χ2n) is 2.14. The van der Waals surface area contributed by atoms with Gasteiger partial charge in [-0.2, -0.15) is 23.4 Å². The average molecular weight is 202 g/mol. The first-order chi connectivity index (χ1) is 6.47. The fourth-order valence-corrected chi connectivity index (χ4v) is 0.665. The summed E-state index contributed by atoms with van der Waals surface area (Å²) in [6.07, 6.45) is -4.66. The van der Waals surface area contributed by atoms with Gasteiger partial charge in [-0.3, -0.25) is 0 Å². The summed E-state index contributed by atoms with van der Waals surface area (Å²) in [5.74, 6) is -1.02. The molecule has 4 nitrogen and oxygen atoms in total. The molecule has 1 rings (SSSR count). The zero-order chi connectivity index (χ0) is 10.8. The highest BCUT2D eigenvalue weighted by Gasteiger charge is 2.34. The van der Waals surface area contributed by atoms with Crippen molar-refractivity contribution < 1.29 is 17.9 Å². The molecule has 1 aromatic heterocycles. The molecule has 0 atom stereocenters. The number of ether oxygens (including phenoxy) is 1. The van der Waals surface area contributed by atoms with Crippen molar-refractivity contribution in [1.82, 2.24) is 9.97 Å².